The fourth-order valence-electron chi connectivity index (χ4n) is 2.10. The quantitative estimate of drug-likeness (QED) is 0.891. The summed E-state index contributed by atoms with van der Waals surface area (Å²) in [7, 11) is 3.69. The largest absolute Gasteiger partial charge is 0.496 e. The third kappa shape index (κ3) is 3.50. The summed E-state index contributed by atoms with van der Waals surface area (Å²) in [6.45, 7) is 2.05. The number of aryl methyl sites for hydroxylation is 1. The van der Waals surface area contributed by atoms with Gasteiger partial charge in [0.15, 0.2) is 0 Å². The summed E-state index contributed by atoms with van der Waals surface area (Å²) >= 11 is 7.61. The number of nitrogens with one attached hydrogen (secondary N) is 1. The minimum atomic E-state index is 0.268. The van der Waals surface area contributed by atoms with E-state index in [9.17, 15) is 0 Å². The molecule has 102 valence electrons. The molecule has 0 bridgehead atoms. The fraction of sp³-hybridized carbons (Fsp3) is 0.333. The first-order valence-corrected chi connectivity index (χ1v) is 7.39. The van der Waals surface area contributed by atoms with Crippen molar-refractivity contribution in [3.05, 3.63) is 50.7 Å². The lowest BCUT2D eigenvalue weighted by atomic mass is 10.0. The highest BCUT2D eigenvalue weighted by atomic mass is 35.5. The Morgan fingerprint density at radius 1 is 1.32 bits per heavy atom. The first-order chi connectivity index (χ1) is 9.13. The van der Waals surface area contributed by atoms with Gasteiger partial charge in [-0.15, -0.1) is 11.3 Å². The van der Waals surface area contributed by atoms with E-state index in [1.165, 1.54) is 10.4 Å². The molecule has 4 heteroatoms. The number of benzene rings is 1. The van der Waals surface area contributed by atoms with E-state index in [1.54, 1.807) is 18.4 Å². The third-order valence-corrected chi connectivity index (χ3v) is 4.47. The first kappa shape index (κ1) is 14.4. The van der Waals surface area contributed by atoms with Gasteiger partial charge in [-0.1, -0.05) is 23.7 Å². The standard InChI is InChI=1S/C15H18ClNOS/c1-10-4-5-11(8-14(10)18-3)13(17-2)9-12-6-7-15(16)19-12/h4-8,13,17H,9H2,1-3H3. The monoisotopic (exact) mass is 295 g/mol. The van der Waals surface area contributed by atoms with Crippen molar-refractivity contribution < 1.29 is 4.74 Å². The number of likely N-dealkylation sites (N-methyl/N-ethyl adjacent to an activating group) is 1. The van der Waals surface area contributed by atoms with E-state index in [0.29, 0.717) is 0 Å². The third-order valence-electron chi connectivity index (χ3n) is 3.22. The van der Waals surface area contributed by atoms with Gasteiger partial charge in [0.25, 0.3) is 0 Å². The van der Waals surface area contributed by atoms with Crippen LogP contribution in [-0.2, 0) is 6.42 Å². The van der Waals surface area contributed by atoms with Crippen molar-refractivity contribution >= 4 is 22.9 Å². The Balaban J connectivity index is 2.21. The summed E-state index contributed by atoms with van der Waals surface area (Å²) in [5, 5.41) is 3.35. The Labute approximate surface area is 123 Å². The molecule has 2 rings (SSSR count). The number of rotatable bonds is 5. The molecule has 0 saturated carbocycles. The van der Waals surface area contributed by atoms with Crippen LogP contribution in [-0.4, -0.2) is 14.2 Å². The highest BCUT2D eigenvalue weighted by Gasteiger charge is 2.13. The van der Waals surface area contributed by atoms with Crippen LogP contribution in [0, 0.1) is 6.92 Å². The van der Waals surface area contributed by atoms with Crippen LogP contribution in [0.25, 0.3) is 0 Å². The van der Waals surface area contributed by atoms with Gasteiger partial charge < -0.3 is 10.1 Å². The zero-order valence-electron chi connectivity index (χ0n) is 11.4. The van der Waals surface area contributed by atoms with Crippen molar-refractivity contribution in [2.24, 2.45) is 0 Å². The van der Waals surface area contributed by atoms with Crippen molar-refractivity contribution in [2.45, 2.75) is 19.4 Å². The van der Waals surface area contributed by atoms with Crippen LogP contribution < -0.4 is 10.1 Å². The van der Waals surface area contributed by atoms with Crippen LogP contribution in [0.3, 0.4) is 0 Å². The number of methoxy groups -OCH3 is 1. The van der Waals surface area contributed by atoms with Crippen LogP contribution in [0.15, 0.2) is 30.3 Å². The van der Waals surface area contributed by atoms with Crippen LogP contribution in [0.2, 0.25) is 4.34 Å². The fourth-order valence-corrected chi connectivity index (χ4v) is 3.24. The molecule has 0 amide bonds. The van der Waals surface area contributed by atoms with Crippen molar-refractivity contribution in [2.75, 3.05) is 14.2 Å². The second-order valence-corrected chi connectivity index (χ2v) is 6.28. The number of hydrogen-bond acceptors (Lipinski definition) is 3. The average Bonchev–Trinajstić information content (AvgIpc) is 2.82. The summed E-state index contributed by atoms with van der Waals surface area (Å²) in [5.74, 6) is 0.932. The Hall–Kier alpha value is -1.03. The van der Waals surface area contributed by atoms with Crippen LogP contribution >= 0.6 is 22.9 Å². The number of thiophene rings is 1. The summed E-state index contributed by atoms with van der Waals surface area (Å²) in [6, 6.07) is 10.6. The minimum Gasteiger partial charge on any atom is -0.496 e. The molecule has 1 unspecified atom stereocenters. The van der Waals surface area contributed by atoms with Gasteiger partial charge in [-0.25, -0.2) is 0 Å². The molecule has 1 atom stereocenters. The molecule has 0 aliphatic carbocycles. The number of ether oxygens (including phenoxy) is 1. The summed E-state index contributed by atoms with van der Waals surface area (Å²) in [5.41, 5.74) is 2.38. The van der Waals surface area contributed by atoms with E-state index in [1.807, 2.05) is 13.1 Å². The Morgan fingerprint density at radius 2 is 2.11 bits per heavy atom. The molecule has 0 aliphatic rings. The van der Waals surface area contributed by atoms with E-state index in [4.69, 9.17) is 16.3 Å². The van der Waals surface area contributed by atoms with E-state index in [0.717, 1.165) is 22.1 Å². The molecule has 0 radical (unpaired) electrons. The summed E-state index contributed by atoms with van der Waals surface area (Å²) in [4.78, 5) is 1.28. The molecule has 1 N–H and O–H groups in total. The van der Waals surface area contributed by atoms with Gasteiger partial charge in [0.05, 0.1) is 11.4 Å². The Kier molecular flexibility index (Phi) is 4.86. The maximum Gasteiger partial charge on any atom is 0.122 e. The lowest BCUT2D eigenvalue weighted by Gasteiger charge is -2.17. The molecule has 0 fully saturated rings. The maximum absolute atomic E-state index is 5.98. The molecule has 1 aromatic heterocycles. The van der Waals surface area contributed by atoms with Crippen LogP contribution in [0.5, 0.6) is 5.75 Å². The molecule has 0 saturated heterocycles. The second-order valence-electron chi connectivity index (χ2n) is 4.48. The molecule has 19 heavy (non-hydrogen) atoms. The highest BCUT2D eigenvalue weighted by Crippen LogP contribution is 2.29. The molecular formula is C15H18ClNOS. The van der Waals surface area contributed by atoms with Gasteiger partial charge in [-0.2, -0.15) is 0 Å². The van der Waals surface area contributed by atoms with E-state index >= 15 is 0 Å². The summed E-state index contributed by atoms with van der Waals surface area (Å²) in [6.07, 6.45) is 0.931. The zero-order chi connectivity index (χ0) is 13.8. The van der Waals surface area contributed by atoms with E-state index in [2.05, 4.69) is 36.5 Å². The Morgan fingerprint density at radius 3 is 2.68 bits per heavy atom. The smallest absolute Gasteiger partial charge is 0.122 e. The van der Waals surface area contributed by atoms with Crippen molar-refractivity contribution in [1.82, 2.24) is 5.32 Å². The lowest BCUT2D eigenvalue weighted by Crippen LogP contribution is -2.18. The van der Waals surface area contributed by atoms with Crippen molar-refractivity contribution in [1.29, 1.82) is 0 Å². The molecule has 0 spiro atoms. The molecule has 2 aromatic rings. The number of hydrogen-bond donors (Lipinski definition) is 1. The first-order valence-electron chi connectivity index (χ1n) is 6.20. The molecule has 1 heterocycles. The van der Waals surface area contributed by atoms with Gasteiger partial charge in [-0.05, 0) is 43.3 Å². The van der Waals surface area contributed by atoms with Crippen LogP contribution in [0.1, 0.15) is 22.0 Å². The van der Waals surface area contributed by atoms with Crippen molar-refractivity contribution in [3.63, 3.8) is 0 Å². The molecule has 2 nitrogen and oxygen atoms in total. The normalized spacial score (nSPS) is 12.4. The predicted molar refractivity (Wildman–Crippen MR) is 82.6 cm³/mol. The van der Waals surface area contributed by atoms with Gasteiger partial charge in [0.1, 0.15) is 5.75 Å². The van der Waals surface area contributed by atoms with Gasteiger partial charge in [0, 0.05) is 17.3 Å². The van der Waals surface area contributed by atoms with E-state index < -0.39 is 0 Å². The topological polar surface area (TPSA) is 21.3 Å². The molecular weight excluding hydrogens is 278 g/mol. The van der Waals surface area contributed by atoms with Crippen LogP contribution in [0.4, 0.5) is 0 Å². The maximum atomic E-state index is 5.98. The van der Waals surface area contributed by atoms with Gasteiger partial charge in [-0.3, -0.25) is 0 Å². The molecule has 0 aliphatic heterocycles. The zero-order valence-corrected chi connectivity index (χ0v) is 12.9. The number of halogens is 1. The lowest BCUT2D eigenvalue weighted by molar-refractivity contribution is 0.410. The minimum absolute atomic E-state index is 0.268. The average molecular weight is 296 g/mol. The predicted octanol–water partition coefficient (Wildman–Crippen LogP) is 4.22. The van der Waals surface area contributed by atoms with Gasteiger partial charge >= 0.3 is 0 Å². The second kappa shape index (κ2) is 6.42. The molecule has 1 aromatic carbocycles. The highest BCUT2D eigenvalue weighted by molar-refractivity contribution is 7.16. The SMILES string of the molecule is CNC(Cc1ccc(Cl)s1)c1ccc(C)c(OC)c1. The van der Waals surface area contributed by atoms with Gasteiger partial charge in [0.2, 0.25) is 0 Å². The summed E-state index contributed by atoms with van der Waals surface area (Å²) < 4.78 is 6.23. The van der Waals surface area contributed by atoms with E-state index in [-0.39, 0.29) is 6.04 Å². The Bertz CT molecular complexity index is 553. The van der Waals surface area contributed by atoms with Crippen molar-refractivity contribution in [3.8, 4) is 5.75 Å².